The molecule has 0 saturated carbocycles. The van der Waals surface area contributed by atoms with Gasteiger partial charge < -0.3 is 20.1 Å². The molecule has 0 aliphatic heterocycles. The maximum atomic E-state index is 12.3. The number of methoxy groups -OCH3 is 2. The first-order valence-electron chi connectivity index (χ1n) is 10.0. The van der Waals surface area contributed by atoms with Crippen molar-refractivity contribution in [2.75, 3.05) is 24.9 Å². The first-order valence-corrected chi connectivity index (χ1v) is 10.0. The monoisotopic (exact) mass is 442 g/mol. The molecule has 0 saturated heterocycles. The van der Waals surface area contributed by atoms with Gasteiger partial charge in [0.25, 0.3) is 0 Å². The fourth-order valence-corrected chi connectivity index (χ4v) is 3.05. The first kappa shape index (κ1) is 21.6. The van der Waals surface area contributed by atoms with Crippen molar-refractivity contribution in [3.8, 4) is 17.3 Å². The minimum atomic E-state index is -0.244. The molecule has 166 valence electrons. The van der Waals surface area contributed by atoms with Crippen molar-refractivity contribution in [1.29, 1.82) is 0 Å². The van der Waals surface area contributed by atoms with E-state index in [9.17, 15) is 4.79 Å². The molecule has 1 amide bonds. The molecular formula is C24H22N6O3. The largest absolute Gasteiger partial charge is 0.493 e. The molecule has 0 unspecified atom stereocenters. The molecule has 4 rings (SSSR count). The lowest BCUT2D eigenvalue weighted by molar-refractivity contribution is -0.111. The molecule has 2 heterocycles. The van der Waals surface area contributed by atoms with Crippen LogP contribution in [0, 0.1) is 0 Å². The lowest BCUT2D eigenvalue weighted by Crippen LogP contribution is -2.07. The van der Waals surface area contributed by atoms with Crippen molar-refractivity contribution >= 4 is 29.2 Å². The van der Waals surface area contributed by atoms with E-state index in [0.29, 0.717) is 28.8 Å². The average Bonchev–Trinajstić information content (AvgIpc) is 3.39. The maximum absolute atomic E-state index is 12.3. The number of amides is 1. The van der Waals surface area contributed by atoms with E-state index in [1.54, 1.807) is 49.5 Å². The van der Waals surface area contributed by atoms with Gasteiger partial charge in [-0.3, -0.25) is 9.36 Å². The third-order valence-electron chi connectivity index (χ3n) is 4.68. The number of anilines is 3. The number of nitrogens with one attached hydrogen (secondary N) is 2. The van der Waals surface area contributed by atoms with Gasteiger partial charge in [-0.15, -0.1) is 0 Å². The molecule has 0 aliphatic carbocycles. The molecule has 33 heavy (non-hydrogen) atoms. The summed E-state index contributed by atoms with van der Waals surface area (Å²) in [6, 6.07) is 14.6. The molecular weight excluding hydrogens is 420 g/mol. The molecule has 0 aliphatic rings. The summed E-state index contributed by atoms with van der Waals surface area (Å²) < 4.78 is 12.3. The van der Waals surface area contributed by atoms with Crippen molar-refractivity contribution in [2.24, 2.45) is 0 Å². The Morgan fingerprint density at radius 1 is 0.970 bits per heavy atom. The van der Waals surface area contributed by atoms with Crippen LogP contribution in [0.5, 0.6) is 11.5 Å². The average molecular weight is 442 g/mol. The van der Waals surface area contributed by atoms with E-state index >= 15 is 0 Å². The number of rotatable bonds is 8. The number of imidazole rings is 1. The van der Waals surface area contributed by atoms with E-state index < -0.39 is 0 Å². The van der Waals surface area contributed by atoms with E-state index in [-0.39, 0.29) is 5.91 Å². The van der Waals surface area contributed by atoms with Crippen LogP contribution in [0.1, 0.15) is 5.56 Å². The molecule has 2 aromatic carbocycles. The number of ether oxygens (including phenoxy) is 2. The topological polar surface area (TPSA) is 103 Å². The van der Waals surface area contributed by atoms with Gasteiger partial charge in [0.05, 0.1) is 14.2 Å². The van der Waals surface area contributed by atoms with Crippen LogP contribution in [0.15, 0.2) is 79.7 Å². The zero-order valence-corrected chi connectivity index (χ0v) is 18.1. The Labute approximate surface area is 190 Å². The second-order valence-electron chi connectivity index (χ2n) is 6.87. The zero-order valence-electron chi connectivity index (χ0n) is 18.1. The van der Waals surface area contributed by atoms with Crippen LogP contribution in [0.3, 0.4) is 0 Å². The normalized spacial score (nSPS) is 10.7. The summed E-state index contributed by atoms with van der Waals surface area (Å²) in [5.41, 5.74) is 2.32. The number of benzene rings is 2. The Morgan fingerprint density at radius 2 is 1.76 bits per heavy atom. The molecule has 2 aromatic heterocycles. The number of aromatic nitrogens is 4. The van der Waals surface area contributed by atoms with E-state index in [4.69, 9.17) is 9.47 Å². The van der Waals surface area contributed by atoms with Crippen LogP contribution < -0.4 is 20.1 Å². The second-order valence-corrected chi connectivity index (χ2v) is 6.87. The van der Waals surface area contributed by atoms with Crippen molar-refractivity contribution in [3.63, 3.8) is 0 Å². The summed E-state index contributed by atoms with van der Waals surface area (Å²) in [5, 5.41) is 6.06. The maximum Gasteiger partial charge on any atom is 0.248 e. The molecule has 2 N–H and O–H groups in total. The van der Waals surface area contributed by atoms with Gasteiger partial charge in [-0.1, -0.05) is 6.07 Å². The van der Waals surface area contributed by atoms with Gasteiger partial charge in [0.15, 0.2) is 11.5 Å². The number of hydrogen-bond acceptors (Lipinski definition) is 7. The van der Waals surface area contributed by atoms with Gasteiger partial charge in [0.1, 0.15) is 24.3 Å². The standard InChI is InChI=1S/C24H22N6O3/c1-32-20-9-3-17(13-21(20)33-2)4-10-24(31)29-19-7-5-18(6-8-19)28-22-14-23(27-15-26-22)30-12-11-25-16-30/h3-16H,1-2H3,(H,29,31)(H,26,27,28). The van der Waals surface area contributed by atoms with E-state index in [1.165, 1.54) is 12.4 Å². The highest BCUT2D eigenvalue weighted by atomic mass is 16.5. The van der Waals surface area contributed by atoms with Gasteiger partial charge >= 0.3 is 0 Å². The lowest BCUT2D eigenvalue weighted by atomic mass is 10.2. The highest BCUT2D eigenvalue weighted by Gasteiger charge is 2.05. The van der Waals surface area contributed by atoms with E-state index in [2.05, 4.69) is 25.6 Å². The van der Waals surface area contributed by atoms with E-state index in [1.807, 2.05) is 42.6 Å². The van der Waals surface area contributed by atoms with Gasteiger partial charge in [0, 0.05) is 35.9 Å². The van der Waals surface area contributed by atoms with Gasteiger partial charge in [-0.25, -0.2) is 15.0 Å². The molecule has 0 radical (unpaired) electrons. The number of carbonyl (C=O) groups excluding carboxylic acids is 1. The minimum Gasteiger partial charge on any atom is -0.493 e. The van der Waals surface area contributed by atoms with Gasteiger partial charge in [0.2, 0.25) is 5.91 Å². The molecule has 0 spiro atoms. The number of nitrogens with zero attached hydrogens (tertiary/aromatic N) is 4. The van der Waals surface area contributed by atoms with Crippen molar-refractivity contribution in [2.45, 2.75) is 0 Å². The zero-order chi connectivity index (χ0) is 23.0. The fourth-order valence-electron chi connectivity index (χ4n) is 3.05. The van der Waals surface area contributed by atoms with Crippen molar-refractivity contribution in [1.82, 2.24) is 19.5 Å². The Balaban J connectivity index is 1.36. The Morgan fingerprint density at radius 3 is 2.48 bits per heavy atom. The summed E-state index contributed by atoms with van der Waals surface area (Å²) in [6.45, 7) is 0. The summed E-state index contributed by atoms with van der Waals surface area (Å²) in [6.07, 6.45) is 9.82. The van der Waals surface area contributed by atoms with E-state index in [0.717, 1.165) is 11.3 Å². The van der Waals surface area contributed by atoms with Gasteiger partial charge in [-0.05, 0) is 48.0 Å². The van der Waals surface area contributed by atoms with Crippen molar-refractivity contribution in [3.05, 3.63) is 85.2 Å². The predicted molar refractivity (Wildman–Crippen MR) is 126 cm³/mol. The van der Waals surface area contributed by atoms with Crippen LogP contribution >= 0.6 is 0 Å². The predicted octanol–water partition coefficient (Wildman–Crippen LogP) is 4.08. The first-order chi connectivity index (χ1) is 16.1. The molecule has 0 bridgehead atoms. The quantitative estimate of drug-likeness (QED) is 0.396. The third-order valence-corrected chi connectivity index (χ3v) is 4.68. The molecule has 9 nitrogen and oxygen atoms in total. The highest BCUT2D eigenvalue weighted by molar-refractivity contribution is 6.02. The van der Waals surface area contributed by atoms with Crippen molar-refractivity contribution < 1.29 is 14.3 Å². The number of carbonyl (C=O) groups is 1. The summed E-state index contributed by atoms with van der Waals surface area (Å²) in [5.74, 6) is 2.33. The molecule has 9 heteroatoms. The van der Waals surface area contributed by atoms with Crippen LogP contribution in [-0.2, 0) is 4.79 Å². The summed E-state index contributed by atoms with van der Waals surface area (Å²) >= 11 is 0. The minimum absolute atomic E-state index is 0.244. The Hall–Kier alpha value is -4.66. The lowest BCUT2D eigenvalue weighted by Gasteiger charge is -2.09. The smallest absolute Gasteiger partial charge is 0.248 e. The summed E-state index contributed by atoms with van der Waals surface area (Å²) in [7, 11) is 3.15. The SMILES string of the molecule is COc1ccc(C=CC(=O)Nc2ccc(Nc3cc(-n4ccnc4)ncn3)cc2)cc1OC. The van der Waals surface area contributed by atoms with Crippen LogP contribution in [0.2, 0.25) is 0 Å². The Kier molecular flexibility index (Phi) is 6.60. The summed E-state index contributed by atoms with van der Waals surface area (Å²) in [4.78, 5) is 24.8. The van der Waals surface area contributed by atoms with Gasteiger partial charge in [-0.2, -0.15) is 0 Å². The van der Waals surface area contributed by atoms with Crippen LogP contribution in [-0.4, -0.2) is 39.6 Å². The second kappa shape index (κ2) is 10.1. The molecule has 0 atom stereocenters. The van der Waals surface area contributed by atoms with Crippen LogP contribution in [0.4, 0.5) is 17.2 Å². The Bertz CT molecular complexity index is 1250. The third kappa shape index (κ3) is 5.53. The molecule has 0 fully saturated rings. The fraction of sp³-hybridized carbons (Fsp3) is 0.0833. The molecule has 4 aromatic rings. The highest BCUT2D eigenvalue weighted by Crippen LogP contribution is 2.28. The number of hydrogen-bond donors (Lipinski definition) is 2. The van der Waals surface area contributed by atoms with Crippen LogP contribution in [0.25, 0.3) is 11.9 Å².